The summed E-state index contributed by atoms with van der Waals surface area (Å²) in [7, 11) is -3.60. The van der Waals surface area contributed by atoms with Crippen molar-refractivity contribution in [3.8, 4) is 11.4 Å². The summed E-state index contributed by atoms with van der Waals surface area (Å²) in [5, 5.41) is 3.66. The molecule has 1 N–H and O–H groups in total. The maximum atomic E-state index is 15.2. The second-order valence-corrected chi connectivity index (χ2v) is 11.3. The third-order valence-corrected chi connectivity index (χ3v) is 7.67. The van der Waals surface area contributed by atoms with Crippen molar-refractivity contribution in [3.05, 3.63) is 70.5 Å². The molecule has 34 heavy (non-hydrogen) atoms. The molecular formula is C24H24ClF2N3O3S. The molecule has 6 nitrogen and oxygen atoms in total. The van der Waals surface area contributed by atoms with Gasteiger partial charge in [-0.05, 0) is 49.1 Å². The first kappa shape index (κ1) is 23.3. The molecular weight excluding hydrogens is 484 g/mol. The van der Waals surface area contributed by atoms with Crippen LogP contribution in [0.3, 0.4) is 0 Å². The van der Waals surface area contributed by atoms with Gasteiger partial charge in [-0.1, -0.05) is 24.4 Å². The minimum absolute atomic E-state index is 0.0128. The average Bonchev–Trinajstić information content (AvgIpc) is 3.51. The number of aromatic nitrogens is 2. The van der Waals surface area contributed by atoms with Gasteiger partial charge in [0.1, 0.15) is 11.9 Å². The molecule has 1 aromatic heterocycles. The van der Waals surface area contributed by atoms with Gasteiger partial charge in [0, 0.05) is 41.3 Å². The van der Waals surface area contributed by atoms with Gasteiger partial charge in [-0.2, -0.15) is 0 Å². The van der Waals surface area contributed by atoms with E-state index in [-0.39, 0.29) is 22.0 Å². The highest BCUT2D eigenvalue weighted by Gasteiger charge is 2.38. The summed E-state index contributed by atoms with van der Waals surface area (Å²) in [6.07, 6.45) is 8.00. The van der Waals surface area contributed by atoms with Gasteiger partial charge in [-0.15, -0.1) is 0 Å². The Labute approximate surface area is 201 Å². The Morgan fingerprint density at radius 1 is 1.15 bits per heavy atom. The maximum absolute atomic E-state index is 15.2. The van der Waals surface area contributed by atoms with E-state index >= 15 is 4.39 Å². The Hall–Kier alpha value is -2.49. The molecule has 0 radical (unpaired) electrons. The minimum Gasteiger partial charge on any atom is -0.481 e. The number of nitrogens with zero attached hydrogens (tertiary/aromatic N) is 2. The molecule has 0 saturated heterocycles. The van der Waals surface area contributed by atoms with Crippen molar-refractivity contribution in [2.45, 2.75) is 55.4 Å². The number of nitrogens with one attached hydrogen (secondary N) is 1. The first-order chi connectivity index (χ1) is 16.2. The van der Waals surface area contributed by atoms with Gasteiger partial charge in [0.25, 0.3) is 0 Å². The quantitative estimate of drug-likeness (QED) is 0.519. The zero-order valence-electron chi connectivity index (χ0n) is 18.5. The number of fused-ring (bicyclic) bond motifs is 1. The normalized spacial score (nSPS) is 20.6. The molecule has 1 heterocycles. The molecule has 0 bridgehead atoms. The Balaban J connectivity index is 1.46. The zero-order valence-corrected chi connectivity index (χ0v) is 20.0. The summed E-state index contributed by atoms with van der Waals surface area (Å²) < 4.78 is 61.2. The second-order valence-electron chi connectivity index (χ2n) is 8.92. The van der Waals surface area contributed by atoms with Crippen molar-refractivity contribution in [2.24, 2.45) is 0 Å². The number of ether oxygens (including phenoxy) is 1. The van der Waals surface area contributed by atoms with E-state index in [1.54, 1.807) is 12.1 Å². The van der Waals surface area contributed by atoms with Crippen LogP contribution in [-0.2, 0) is 16.3 Å². The molecule has 1 saturated carbocycles. The van der Waals surface area contributed by atoms with Crippen molar-refractivity contribution < 1.29 is 21.9 Å². The van der Waals surface area contributed by atoms with Crippen molar-refractivity contribution in [3.63, 3.8) is 0 Å². The third-order valence-electron chi connectivity index (χ3n) is 6.48. The number of hydrogen-bond acceptors (Lipinski definition) is 5. The van der Waals surface area contributed by atoms with E-state index in [9.17, 15) is 12.8 Å². The standard InChI is InChI=1S/C24H24ClF2N3O3S/c1-34(31,32)24-28-8-9-30(24)16-6-7-22(20(27)12-16)33-23-18-10-14(25)11-19(26)17(18)13-21(23)29-15-4-2-3-5-15/h6-12,15,21,23,29H,2-5,13H2,1H3/t21-,23-/m0/s1. The Kier molecular flexibility index (Phi) is 6.12. The first-order valence-corrected chi connectivity index (χ1v) is 13.4. The van der Waals surface area contributed by atoms with Gasteiger partial charge >= 0.3 is 0 Å². The lowest BCUT2D eigenvalue weighted by Crippen LogP contribution is -2.41. The molecule has 0 aliphatic heterocycles. The number of sulfone groups is 1. The van der Waals surface area contributed by atoms with Crippen LogP contribution in [0.15, 0.2) is 47.9 Å². The van der Waals surface area contributed by atoms with Crippen LogP contribution in [0.25, 0.3) is 5.69 Å². The topological polar surface area (TPSA) is 73.2 Å². The molecule has 5 rings (SSSR count). The maximum Gasteiger partial charge on any atom is 0.231 e. The van der Waals surface area contributed by atoms with Crippen molar-refractivity contribution in [2.75, 3.05) is 6.26 Å². The lowest BCUT2D eigenvalue weighted by Gasteiger charge is -2.26. The SMILES string of the molecule is CS(=O)(=O)c1nccn1-c1ccc(O[C@H]2c3cc(Cl)cc(F)c3C[C@@H]2NC2CCCC2)c(F)c1. The minimum atomic E-state index is -3.60. The fourth-order valence-corrected chi connectivity index (χ4v) is 5.95. The molecule has 2 atom stereocenters. The number of hydrogen-bond donors (Lipinski definition) is 1. The van der Waals surface area contributed by atoms with Crippen LogP contribution in [0.4, 0.5) is 8.78 Å². The van der Waals surface area contributed by atoms with Crippen LogP contribution in [0.5, 0.6) is 5.75 Å². The molecule has 1 fully saturated rings. The monoisotopic (exact) mass is 507 g/mol. The van der Waals surface area contributed by atoms with Crippen LogP contribution < -0.4 is 10.1 Å². The van der Waals surface area contributed by atoms with E-state index in [2.05, 4.69) is 10.3 Å². The zero-order chi connectivity index (χ0) is 24.0. The smallest absolute Gasteiger partial charge is 0.231 e. The van der Waals surface area contributed by atoms with Gasteiger partial charge in [-0.25, -0.2) is 22.2 Å². The van der Waals surface area contributed by atoms with E-state index in [1.807, 2.05) is 0 Å². The van der Waals surface area contributed by atoms with E-state index in [0.29, 0.717) is 29.3 Å². The Bertz CT molecular complexity index is 1340. The Morgan fingerprint density at radius 2 is 1.91 bits per heavy atom. The van der Waals surface area contributed by atoms with Crippen molar-refractivity contribution >= 4 is 21.4 Å². The van der Waals surface area contributed by atoms with Crippen LogP contribution in [0.2, 0.25) is 5.02 Å². The van der Waals surface area contributed by atoms with Gasteiger partial charge in [0.15, 0.2) is 11.6 Å². The van der Waals surface area contributed by atoms with Crippen molar-refractivity contribution in [1.82, 2.24) is 14.9 Å². The molecule has 0 spiro atoms. The molecule has 10 heteroatoms. The molecule has 3 aromatic rings. The molecule has 2 aliphatic carbocycles. The molecule has 0 amide bonds. The summed E-state index contributed by atoms with van der Waals surface area (Å²) in [5.41, 5.74) is 1.43. The number of rotatable bonds is 6. The van der Waals surface area contributed by atoms with Crippen molar-refractivity contribution in [1.29, 1.82) is 0 Å². The highest BCUT2D eigenvalue weighted by atomic mass is 35.5. The summed E-state index contributed by atoms with van der Waals surface area (Å²) >= 11 is 6.13. The molecule has 0 unspecified atom stereocenters. The lowest BCUT2D eigenvalue weighted by molar-refractivity contribution is 0.153. The Morgan fingerprint density at radius 3 is 2.62 bits per heavy atom. The van der Waals surface area contributed by atoms with Crippen LogP contribution >= 0.6 is 11.6 Å². The van der Waals surface area contributed by atoms with E-state index in [0.717, 1.165) is 31.9 Å². The van der Waals surface area contributed by atoms with E-state index < -0.39 is 27.6 Å². The highest BCUT2D eigenvalue weighted by molar-refractivity contribution is 7.90. The predicted octanol–water partition coefficient (Wildman–Crippen LogP) is 4.78. The summed E-state index contributed by atoms with van der Waals surface area (Å²) in [4.78, 5) is 3.86. The van der Waals surface area contributed by atoms with E-state index in [4.69, 9.17) is 16.3 Å². The number of halogens is 3. The van der Waals surface area contributed by atoms with Crippen LogP contribution in [0.1, 0.15) is 42.9 Å². The molecule has 2 aromatic carbocycles. The molecule has 2 aliphatic rings. The predicted molar refractivity (Wildman–Crippen MR) is 124 cm³/mol. The van der Waals surface area contributed by atoms with Crippen LogP contribution in [-0.4, -0.2) is 36.3 Å². The first-order valence-electron chi connectivity index (χ1n) is 11.1. The summed E-state index contributed by atoms with van der Waals surface area (Å²) in [6.45, 7) is 0. The van der Waals surface area contributed by atoms with Gasteiger partial charge in [0.05, 0.1) is 11.7 Å². The summed E-state index contributed by atoms with van der Waals surface area (Å²) in [5.74, 6) is -1.07. The fraction of sp³-hybridized carbons (Fsp3) is 0.375. The fourth-order valence-electron chi connectivity index (χ4n) is 4.96. The van der Waals surface area contributed by atoms with Gasteiger partial charge in [0.2, 0.25) is 15.0 Å². The average molecular weight is 508 g/mol. The summed E-state index contributed by atoms with van der Waals surface area (Å²) in [6, 6.07) is 7.25. The highest BCUT2D eigenvalue weighted by Crippen LogP contribution is 2.40. The largest absolute Gasteiger partial charge is 0.481 e. The lowest BCUT2D eigenvalue weighted by atomic mass is 10.1. The van der Waals surface area contributed by atoms with Crippen LogP contribution in [0, 0.1) is 11.6 Å². The third kappa shape index (κ3) is 4.44. The van der Waals surface area contributed by atoms with E-state index in [1.165, 1.54) is 35.2 Å². The number of benzene rings is 2. The van der Waals surface area contributed by atoms with Gasteiger partial charge in [-0.3, -0.25) is 4.57 Å². The second kappa shape index (κ2) is 8.94. The molecule has 180 valence electrons. The van der Waals surface area contributed by atoms with Gasteiger partial charge < -0.3 is 10.1 Å². The number of imidazole rings is 1.